The van der Waals surface area contributed by atoms with Crippen LogP contribution in [0.15, 0.2) is 0 Å². The minimum atomic E-state index is -0.516. The molecule has 0 aliphatic carbocycles. The molecule has 0 fully saturated rings. The summed E-state index contributed by atoms with van der Waals surface area (Å²) in [6.07, 6.45) is 0.647. The van der Waals surface area contributed by atoms with Crippen molar-refractivity contribution in [3.63, 3.8) is 0 Å². The Balaban J connectivity index is 3.61. The van der Waals surface area contributed by atoms with Crippen LogP contribution in [0.4, 0.5) is 0 Å². The summed E-state index contributed by atoms with van der Waals surface area (Å²) in [5.41, 5.74) is 5.41. The Morgan fingerprint density at radius 1 is 1.70 bits per heavy atom. The lowest BCUT2D eigenvalue weighted by atomic mass is 10.1. The van der Waals surface area contributed by atoms with Crippen molar-refractivity contribution in [1.29, 1.82) is 0 Å². The zero-order valence-electron chi connectivity index (χ0n) is 6.46. The van der Waals surface area contributed by atoms with Crippen LogP contribution in [0.5, 0.6) is 0 Å². The number of hydrogen-bond donors (Lipinski definition) is 1. The maximum Gasteiger partial charge on any atom is 0.323 e. The molecule has 0 amide bonds. The van der Waals surface area contributed by atoms with Crippen LogP contribution in [0.25, 0.3) is 0 Å². The number of carbonyl (C=O) groups excluding carboxylic acids is 1. The van der Waals surface area contributed by atoms with Gasteiger partial charge in [-0.2, -0.15) is 0 Å². The molecule has 0 rings (SSSR count). The Labute approximate surface area is 61.5 Å². The average molecular weight is 144 g/mol. The summed E-state index contributed by atoms with van der Waals surface area (Å²) in [4.78, 5) is 10.6. The van der Waals surface area contributed by atoms with E-state index in [4.69, 9.17) is 5.73 Å². The first-order chi connectivity index (χ1) is 4.57. The van der Waals surface area contributed by atoms with Gasteiger partial charge in [-0.25, -0.2) is 0 Å². The Morgan fingerprint density at radius 3 is 2.50 bits per heavy atom. The lowest BCUT2D eigenvalue weighted by Crippen LogP contribution is -2.32. The second-order valence-electron chi connectivity index (χ2n) is 2.70. The minimum absolute atomic E-state index is 0.411. The Bertz CT molecular complexity index is 112. The highest BCUT2D eigenvalue weighted by Crippen LogP contribution is 2.03. The van der Waals surface area contributed by atoms with Gasteiger partial charge in [0.05, 0.1) is 0 Å². The predicted molar refractivity (Wildman–Crippen MR) is 38.9 cm³/mol. The maximum absolute atomic E-state index is 10.6. The molecule has 1 unspecified atom stereocenters. The van der Waals surface area contributed by atoms with Gasteiger partial charge in [-0.3, -0.25) is 4.79 Å². The first kappa shape index (κ1) is 9.43. The molecule has 0 aliphatic heterocycles. The van der Waals surface area contributed by atoms with Crippen molar-refractivity contribution in [2.45, 2.75) is 26.3 Å². The van der Waals surface area contributed by atoms with Crippen molar-refractivity contribution in [2.24, 2.45) is 11.7 Å². The van der Waals surface area contributed by atoms with Gasteiger partial charge < -0.3 is 10.5 Å². The van der Waals surface area contributed by atoms with Crippen LogP contribution in [-0.2, 0) is 9.53 Å². The highest BCUT2D eigenvalue weighted by molar-refractivity contribution is 5.75. The van der Waals surface area contributed by atoms with Crippen molar-refractivity contribution in [3.05, 3.63) is 7.11 Å². The van der Waals surface area contributed by atoms with Crippen molar-refractivity contribution < 1.29 is 9.53 Å². The van der Waals surface area contributed by atoms with Gasteiger partial charge >= 0.3 is 5.97 Å². The maximum atomic E-state index is 10.6. The molecule has 1 radical (unpaired) electrons. The van der Waals surface area contributed by atoms with E-state index < -0.39 is 12.0 Å². The lowest BCUT2D eigenvalue weighted by molar-refractivity contribution is -0.140. The second-order valence-corrected chi connectivity index (χ2v) is 2.70. The normalized spacial score (nSPS) is 13.3. The molecular weight excluding hydrogens is 130 g/mol. The molecule has 0 aromatic heterocycles. The van der Waals surface area contributed by atoms with Crippen molar-refractivity contribution >= 4 is 5.97 Å². The number of rotatable bonds is 3. The van der Waals surface area contributed by atoms with E-state index in [0.717, 1.165) is 0 Å². The molecule has 0 aromatic rings. The number of esters is 1. The minimum Gasteiger partial charge on any atom is -0.461 e. The summed E-state index contributed by atoms with van der Waals surface area (Å²) >= 11 is 0. The van der Waals surface area contributed by atoms with Gasteiger partial charge in [-0.05, 0) is 12.3 Å². The van der Waals surface area contributed by atoms with E-state index in [1.807, 2.05) is 13.8 Å². The largest absolute Gasteiger partial charge is 0.461 e. The number of nitrogens with two attached hydrogens (primary N) is 1. The van der Waals surface area contributed by atoms with Crippen molar-refractivity contribution in [3.8, 4) is 0 Å². The Morgan fingerprint density at radius 2 is 2.20 bits per heavy atom. The van der Waals surface area contributed by atoms with E-state index in [1.54, 1.807) is 0 Å². The van der Waals surface area contributed by atoms with Crippen LogP contribution in [0.2, 0.25) is 0 Å². The second kappa shape index (κ2) is 4.28. The molecule has 1 atom stereocenters. The van der Waals surface area contributed by atoms with Crippen molar-refractivity contribution in [1.82, 2.24) is 0 Å². The third-order valence-electron chi connectivity index (χ3n) is 1.17. The molecular formula is C7H14NO2. The average Bonchev–Trinajstić information content (AvgIpc) is 1.85. The smallest absolute Gasteiger partial charge is 0.323 e. The fraction of sp³-hybridized carbons (Fsp3) is 0.714. The lowest BCUT2D eigenvalue weighted by Gasteiger charge is -2.10. The number of ether oxygens (including phenoxy) is 1. The van der Waals surface area contributed by atoms with E-state index in [-0.39, 0.29) is 0 Å². The Kier molecular flexibility index (Phi) is 4.03. The molecule has 3 heteroatoms. The topological polar surface area (TPSA) is 52.3 Å². The van der Waals surface area contributed by atoms with Crippen LogP contribution < -0.4 is 5.73 Å². The molecule has 59 valence electrons. The molecule has 0 spiro atoms. The monoisotopic (exact) mass is 144 g/mol. The fourth-order valence-electron chi connectivity index (χ4n) is 0.711. The van der Waals surface area contributed by atoms with E-state index in [2.05, 4.69) is 11.8 Å². The quantitative estimate of drug-likeness (QED) is 0.593. The van der Waals surface area contributed by atoms with Crippen LogP contribution in [0.3, 0.4) is 0 Å². The molecule has 0 saturated carbocycles. The molecule has 0 saturated heterocycles. The van der Waals surface area contributed by atoms with Gasteiger partial charge in [0, 0.05) is 0 Å². The first-order valence-corrected chi connectivity index (χ1v) is 3.29. The number of carbonyl (C=O) groups is 1. The summed E-state index contributed by atoms with van der Waals surface area (Å²) < 4.78 is 4.20. The summed E-state index contributed by atoms with van der Waals surface area (Å²) in [6.45, 7) is 3.99. The van der Waals surface area contributed by atoms with Gasteiger partial charge in [0.1, 0.15) is 13.2 Å². The van der Waals surface area contributed by atoms with Crippen molar-refractivity contribution in [2.75, 3.05) is 0 Å². The molecule has 0 aromatic carbocycles. The summed E-state index contributed by atoms with van der Waals surface area (Å²) in [5, 5.41) is 0. The standard InChI is InChI=1S/C7H14NO2/c1-5(2)4-6(8)7(9)10-3/h5-6H,3-4,8H2,1-2H3. The van der Waals surface area contributed by atoms with Gasteiger partial charge in [0.25, 0.3) is 0 Å². The zero-order valence-corrected chi connectivity index (χ0v) is 6.46. The van der Waals surface area contributed by atoms with E-state index in [9.17, 15) is 4.79 Å². The van der Waals surface area contributed by atoms with Gasteiger partial charge in [-0.1, -0.05) is 13.8 Å². The highest BCUT2D eigenvalue weighted by Gasteiger charge is 2.14. The third-order valence-corrected chi connectivity index (χ3v) is 1.17. The summed E-state index contributed by atoms with van der Waals surface area (Å²) in [7, 11) is 2.98. The van der Waals surface area contributed by atoms with Crippen LogP contribution in [0.1, 0.15) is 20.3 Å². The van der Waals surface area contributed by atoms with Gasteiger partial charge in [0.15, 0.2) is 0 Å². The molecule has 10 heavy (non-hydrogen) atoms. The van der Waals surface area contributed by atoms with Gasteiger partial charge in [0.2, 0.25) is 0 Å². The van der Waals surface area contributed by atoms with Crippen LogP contribution >= 0.6 is 0 Å². The third kappa shape index (κ3) is 3.45. The van der Waals surface area contributed by atoms with Crippen LogP contribution in [0, 0.1) is 13.0 Å². The SMILES string of the molecule is [CH2]OC(=O)C(N)CC(C)C. The summed E-state index contributed by atoms with van der Waals surface area (Å²) in [5.74, 6) is -0.0252. The Hall–Kier alpha value is -0.570. The predicted octanol–water partition coefficient (Wildman–Crippen LogP) is 0.695. The highest BCUT2D eigenvalue weighted by atomic mass is 16.5. The molecule has 2 N–H and O–H groups in total. The molecule has 0 heterocycles. The first-order valence-electron chi connectivity index (χ1n) is 3.29. The number of hydrogen-bond acceptors (Lipinski definition) is 3. The molecule has 0 aliphatic rings. The van der Waals surface area contributed by atoms with Gasteiger partial charge in [-0.15, -0.1) is 0 Å². The summed E-state index contributed by atoms with van der Waals surface area (Å²) in [6, 6.07) is -0.516. The molecule has 3 nitrogen and oxygen atoms in total. The van der Waals surface area contributed by atoms with E-state index in [1.165, 1.54) is 0 Å². The van der Waals surface area contributed by atoms with Crippen LogP contribution in [-0.4, -0.2) is 12.0 Å². The van der Waals surface area contributed by atoms with E-state index >= 15 is 0 Å². The zero-order chi connectivity index (χ0) is 8.15. The fourth-order valence-corrected chi connectivity index (χ4v) is 0.711. The molecule has 0 bridgehead atoms. The van der Waals surface area contributed by atoms with E-state index in [0.29, 0.717) is 12.3 Å².